The van der Waals surface area contributed by atoms with Crippen molar-refractivity contribution in [1.29, 1.82) is 0 Å². The van der Waals surface area contributed by atoms with Crippen molar-refractivity contribution in [2.45, 2.75) is 6.54 Å². The molecule has 0 bridgehead atoms. The molecule has 84 valence electrons. The van der Waals surface area contributed by atoms with Gasteiger partial charge in [-0.05, 0) is 18.2 Å². The molecule has 2 rings (SSSR count). The van der Waals surface area contributed by atoms with Crippen LogP contribution in [0.25, 0.3) is 0 Å². The number of hydrogen-bond donors (Lipinski definition) is 1. The summed E-state index contributed by atoms with van der Waals surface area (Å²) in [4.78, 5) is 0. The normalized spacial score (nSPS) is 10.4. The van der Waals surface area contributed by atoms with Crippen molar-refractivity contribution >= 4 is 5.69 Å². The minimum absolute atomic E-state index is 0.154. The monoisotopic (exact) mass is 223 g/mol. The second kappa shape index (κ2) is 4.30. The van der Waals surface area contributed by atoms with Gasteiger partial charge in [0.25, 0.3) is 0 Å². The predicted octanol–water partition coefficient (Wildman–Crippen LogP) is 2.31. The van der Waals surface area contributed by atoms with E-state index in [9.17, 15) is 8.78 Å². The van der Waals surface area contributed by atoms with E-state index in [4.69, 9.17) is 0 Å². The number of aromatic nitrogens is 2. The highest BCUT2D eigenvalue weighted by molar-refractivity contribution is 5.45. The van der Waals surface area contributed by atoms with E-state index in [1.54, 1.807) is 17.9 Å². The number of nitrogens with zero attached hydrogens (tertiary/aromatic N) is 2. The molecule has 1 aromatic carbocycles. The number of rotatable bonds is 3. The van der Waals surface area contributed by atoms with Crippen LogP contribution < -0.4 is 5.32 Å². The minimum atomic E-state index is -0.857. The van der Waals surface area contributed by atoms with Gasteiger partial charge >= 0.3 is 0 Å². The van der Waals surface area contributed by atoms with E-state index < -0.39 is 11.6 Å². The van der Waals surface area contributed by atoms with Crippen molar-refractivity contribution in [3.63, 3.8) is 0 Å². The first-order valence-electron chi connectivity index (χ1n) is 4.83. The summed E-state index contributed by atoms with van der Waals surface area (Å²) in [5, 5.41) is 6.80. The van der Waals surface area contributed by atoms with Gasteiger partial charge in [-0.25, -0.2) is 8.78 Å². The summed E-state index contributed by atoms with van der Waals surface area (Å²) in [6.07, 6.45) is 1.65. The van der Waals surface area contributed by atoms with Gasteiger partial charge in [-0.2, -0.15) is 5.10 Å². The van der Waals surface area contributed by atoms with E-state index in [1.165, 1.54) is 12.1 Å². The third-order valence-corrected chi connectivity index (χ3v) is 2.33. The Labute approximate surface area is 91.7 Å². The average molecular weight is 223 g/mol. The summed E-state index contributed by atoms with van der Waals surface area (Å²) in [6.45, 7) is 0.400. The van der Waals surface area contributed by atoms with Crippen LogP contribution in [0.2, 0.25) is 0 Å². The Bertz CT molecular complexity index is 494. The maximum atomic E-state index is 13.3. The van der Waals surface area contributed by atoms with Crippen LogP contribution in [-0.2, 0) is 13.6 Å². The number of hydrogen-bond acceptors (Lipinski definition) is 2. The van der Waals surface area contributed by atoms with Crippen molar-refractivity contribution in [2.75, 3.05) is 5.32 Å². The highest BCUT2D eigenvalue weighted by atomic mass is 19.2. The zero-order valence-corrected chi connectivity index (χ0v) is 8.74. The Hall–Kier alpha value is -1.91. The molecule has 1 heterocycles. The second-order valence-corrected chi connectivity index (χ2v) is 3.40. The maximum absolute atomic E-state index is 13.3. The lowest BCUT2D eigenvalue weighted by Gasteiger charge is -2.07. The van der Waals surface area contributed by atoms with Crippen molar-refractivity contribution in [2.24, 2.45) is 7.05 Å². The van der Waals surface area contributed by atoms with Crippen molar-refractivity contribution in [3.05, 3.63) is 47.8 Å². The molecular weight excluding hydrogens is 212 g/mol. The smallest absolute Gasteiger partial charge is 0.181 e. The van der Waals surface area contributed by atoms with E-state index in [2.05, 4.69) is 10.4 Å². The van der Waals surface area contributed by atoms with Crippen LogP contribution in [0.1, 0.15) is 5.69 Å². The van der Waals surface area contributed by atoms with Crippen LogP contribution in [0.4, 0.5) is 14.5 Å². The topological polar surface area (TPSA) is 29.9 Å². The Morgan fingerprint density at radius 1 is 1.31 bits per heavy atom. The molecule has 0 saturated carbocycles. The molecule has 0 atom stereocenters. The summed E-state index contributed by atoms with van der Waals surface area (Å²) in [7, 11) is 1.79. The molecule has 0 aliphatic heterocycles. The fourth-order valence-electron chi connectivity index (χ4n) is 1.40. The highest BCUT2D eigenvalue weighted by Crippen LogP contribution is 2.17. The average Bonchev–Trinajstić information content (AvgIpc) is 2.67. The van der Waals surface area contributed by atoms with Gasteiger partial charge in [0.05, 0.1) is 17.9 Å². The molecule has 0 amide bonds. The number of nitrogens with one attached hydrogen (secondary N) is 1. The second-order valence-electron chi connectivity index (χ2n) is 3.40. The van der Waals surface area contributed by atoms with Gasteiger partial charge in [0, 0.05) is 13.2 Å². The first-order chi connectivity index (χ1) is 7.68. The molecule has 3 nitrogen and oxygen atoms in total. The number of aryl methyl sites for hydroxylation is 1. The number of halogens is 2. The van der Waals surface area contributed by atoms with Gasteiger partial charge in [-0.15, -0.1) is 0 Å². The molecule has 2 aromatic rings. The van der Waals surface area contributed by atoms with Crippen LogP contribution >= 0.6 is 0 Å². The molecule has 0 saturated heterocycles. The molecular formula is C11H11F2N3. The number of anilines is 1. The van der Waals surface area contributed by atoms with E-state index in [0.717, 1.165) is 11.8 Å². The Kier molecular flexibility index (Phi) is 2.85. The van der Waals surface area contributed by atoms with Crippen molar-refractivity contribution in [1.82, 2.24) is 9.78 Å². The molecule has 0 unspecified atom stereocenters. The summed E-state index contributed by atoms with van der Waals surface area (Å²) >= 11 is 0. The molecule has 16 heavy (non-hydrogen) atoms. The van der Waals surface area contributed by atoms with E-state index >= 15 is 0 Å². The van der Waals surface area contributed by atoms with Gasteiger partial charge in [0.1, 0.15) is 0 Å². The Balaban J connectivity index is 2.11. The molecule has 0 radical (unpaired) electrons. The molecule has 0 aliphatic carbocycles. The third-order valence-electron chi connectivity index (χ3n) is 2.33. The molecule has 5 heteroatoms. The molecule has 0 spiro atoms. The quantitative estimate of drug-likeness (QED) is 0.865. The summed E-state index contributed by atoms with van der Waals surface area (Å²) in [6, 6.07) is 5.85. The summed E-state index contributed by atoms with van der Waals surface area (Å²) < 4.78 is 27.8. The van der Waals surface area contributed by atoms with E-state index in [1.807, 2.05) is 6.07 Å². The Morgan fingerprint density at radius 2 is 2.12 bits per heavy atom. The molecule has 1 aromatic heterocycles. The minimum Gasteiger partial charge on any atom is -0.377 e. The van der Waals surface area contributed by atoms with Gasteiger partial charge in [-0.1, -0.05) is 6.07 Å². The fraction of sp³-hybridized carbons (Fsp3) is 0.182. The largest absolute Gasteiger partial charge is 0.377 e. The van der Waals surface area contributed by atoms with E-state index in [0.29, 0.717) is 6.54 Å². The van der Waals surface area contributed by atoms with Crippen LogP contribution in [-0.4, -0.2) is 9.78 Å². The summed E-state index contributed by atoms with van der Waals surface area (Å²) in [5.74, 6) is -1.71. The first-order valence-corrected chi connectivity index (χ1v) is 4.83. The number of benzene rings is 1. The summed E-state index contributed by atoms with van der Waals surface area (Å²) in [5.41, 5.74) is 1.05. The standard InChI is InChI=1S/C11H11F2N3/c1-16-8(5-6-15-16)7-14-10-4-2-3-9(12)11(10)13/h2-6,14H,7H2,1H3. The SMILES string of the molecule is Cn1nccc1CNc1cccc(F)c1F. The lowest BCUT2D eigenvalue weighted by molar-refractivity contribution is 0.510. The van der Waals surface area contributed by atoms with Crippen LogP contribution in [0.3, 0.4) is 0 Å². The van der Waals surface area contributed by atoms with Gasteiger partial charge in [0.15, 0.2) is 11.6 Å². The van der Waals surface area contributed by atoms with Crippen LogP contribution in [0.15, 0.2) is 30.5 Å². The van der Waals surface area contributed by atoms with Gasteiger partial charge < -0.3 is 5.32 Å². The first kappa shape index (κ1) is 10.6. The maximum Gasteiger partial charge on any atom is 0.181 e. The van der Waals surface area contributed by atoms with Crippen molar-refractivity contribution < 1.29 is 8.78 Å². The van der Waals surface area contributed by atoms with E-state index in [-0.39, 0.29) is 5.69 Å². The lowest BCUT2D eigenvalue weighted by Crippen LogP contribution is -2.07. The molecule has 0 aliphatic rings. The fourth-order valence-corrected chi connectivity index (χ4v) is 1.40. The highest BCUT2D eigenvalue weighted by Gasteiger charge is 2.07. The van der Waals surface area contributed by atoms with Crippen LogP contribution in [0.5, 0.6) is 0 Å². The van der Waals surface area contributed by atoms with Gasteiger partial charge in [0.2, 0.25) is 0 Å². The molecule has 1 N–H and O–H groups in total. The van der Waals surface area contributed by atoms with Crippen LogP contribution in [0, 0.1) is 11.6 Å². The van der Waals surface area contributed by atoms with Gasteiger partial charge in [-0.3, -0.25) is 4.68 Å². The molecule has 0 fully saturated rings. The predicted molar refractivity (Wildman–Crippen MR) is 56.9 cm³/mol. The lowest BCUT2D eigenvalue weighted by atomic mass is 10.3. The van der Waals surface area contributed by atoms with Crippen molar-refractivity contribution in [3.8, 4) is 0 Å². The zero-order chi connectivity index (χ0) is 11.5. The Morgan fingerprint density at radius 3 is 2.81 bits per heavy atom. The zero-order valence-electron chi connectivity index (χ0n) is 8.74. The third kappa shape index (κ3) is 2.03.